The van der Waals surface area contributed by atoms with Crippen molar-refractivity contribution in [3.8, 4) is 57.1 Å². The number of amides is 7. The monoisotopic (exact) mass is 1780 g/mol. The zero-order valence-corrected chi connectivity index (χ0v) is 70.5. The molecule has 0 saturated carbocycles. The van der Waals surface area contributed by atoms with Gasteiger partial charge >= 0.3 is 5.97 Å². The number of rotatable bonds is 18. The Morgan fingerprint density at radius 1 is 0.635 bits per heavy atom. The quantitative estimate of drug-likeness (QED) is 0.0526. The van der Waals surface area contributed by atoms with E-state index in [9.17, 15) is 65.4 Å². The second-order valence-corrected chi connectivity index (χ2v) is 34.1. The van der Waals surface area contributed by atoms with E-state index in [0.717, 1.165) is 75.6 Å². The molecule has 0 aromatic heterocycles. The molecule has 22 N–H and O–H groups in total. The van der Waals surface area contributed by atoms with Crippen molar-refractivity contribution in [1.82, 2.24) is 42.5 Å². The third kappa shape index (κ3) is 18.8. The summed E-state index contributed by atoms with van der Waals surface area (Å²) < 4.78 is 53.2. The number of nitrogens with one attached hydrogen (secondary N) is 8. The molecule has 0 radical (unpaired) electrons. The molecule has 8 aromatic rings. The maximum Gasteiger partial charge on any atom is 0.330 e. The number of benzene rings is 8. The number of hydrogen-bond acceptors (Lipinski definition) is 28. The number of likely N-dealkylation sites (N-methyl/N-ethyl adjacent to an activating group) is 1. The van der Waals surface area contributed by atoms with Crippen LogP contribution in [-0.2, 0) is 68.6 Å². The zero-order chi connectivity index (χ0) is 90.6. The van der Waals surface area contributed by atoms with E-state index in [2.05, 4.69) is 48.6 Å². The lowest BCUT2D eigenvalue weighted by Gasteiger charge is -2.48. The number of ether oxygens (including phenoxy) is 8. The molecule has 8 heterocycles. The minimum atomic E-state index is -2.40. The first-order valence-corrected chi connectivity index (χ1v) is 41.5. The number of aliphatic hydroxyl groups excluding tert-OH is 6. The van der Waals surface area contributed by atoms with Gasteiger partial charge < -0.3 is 143 Å². The Morgan fingerprint density at radius 2 is 1.23 bits per heavy atom. The summed E-state index contributed by atoms with van der Waals surface area (Å²) in [5, 5.41) is 142. The van der Waals surface area contributed by atoms with Crippen LogP contribution < -0.4 is 68.2 Å². The van der Waals surface area contributed by atoms with Crippen molar-refractivity contribution in [2.45, 2.75) is 207 Å². The van der Waals surface area contributed by atoms with Crippen molar-refractivity contribution < 1.29 is 127 Å². The molecular formula is C88H98Cl2N10O26. The number of fused-ring (bicyclic) bond motifs is 17. The molecule has 38 heteroatoms. The fourth-order valence-electron chi connectivity index (χ4n) is 17.0. The molecule has 36 nitrogen and oxygen atoms in total. The van der Waals surface area contributed by atoms with Crippen LogP contribution >= 0.6 is 23.2 Å². The first-order chi connectivity index (χ1) is 59.8. The summed E-state index contributed by atoms with van der Waals surface area (Å²) in [4.78, 5) is 121. The van der Waals surface area contributed by atoms with Gasteiger partial charge in [-0.2, -0.15) is 0 Å². The number of halogens is 2. The number of carbonyl (C=O) groups is 8. The van der Waals surface area contributed by atoms with Gasteiger partial charge in [-0.05, 0) is 157 Å². The number of aromatic hydroxyl groups is 3. The highest BCUT2D eigenvalue weighted by Crippen LogP contribution is 2.51. The largest absolute Gasteiger partial charge is 0.508 e. The molecule has 8 aromatic carbocycles. The number of hydrogen-bond donors (Lipinski definition) is 20. The minimum Gasteiger partial charge on any atom is -0.508 e. The van der Waals surface area contributed by atoms with Crippen LogP contribution in [0.25, 0.3) is 32.7 Å². The average Bonchev–Trinajstić information content (AvgIpc) is 0.762. The normalized spacial score (nSPS) is 29.7. The molecule has 22 atom stereocenters. The Labute approximate surface area is 730 Å². The van der Waals surface area contributed by atoms with Crippen molar-refractivity contribution in [3.05, 3.63) is 177 Å². The van der Waals surface area contributed by atoms with E-state index in [4.69, 9.17) is 72.6 Å². The van der Waals surface area contributed by atoms with Crippen LogP contribution in [0.15, 0.2) is 133 Å². The van der Waals surface area contributed by atoms with Crippen molar-refractivity contribution in [3.63, 3.8) is 0 Å². The number of phenols is 3. The van der Waals surface area contributed by atoms with Crippen molar-refractivity contribution in [2.24, 2.45) is 17.4 Å². The maximum atomic E-state index is 16.6. The van der Waals surface area contributed by atoms with E-state index < -0.39 is 261 Å². The summed E-state index contributed by atoms with van der Waals surface area (Å²) in [6.07, 6.45) is -23.0. The lowest BCUT2D eigenvalue weighted by molar-refractivity contribution is -0.334. The summed E-state index contributed by atoms with van der Waals surface area (Å²) in [7, 11) is 1.48. The number of carbonyl (C=O) groups excluding carboxylic acids is 7. The van der Waals surface area contributed by atoms with Gasteiger partial charge in [0.2, 0.25) is 53.4 Å². The molecule has 0 aliphatic carbocycles. The highest BCUT2D eigenvalue weighted by molar-refractivity contribution is 6.32. The van der Waals surface area contributed by atoms with Gasteiger partial charge in [-0.15, -0.1) is 0 Å². The van der Waals surface area contributed by atoms with E-state index >= 15 is 24.0 Å². The molecule has 3 fully saturated rings. The predicted octanol–water partition coefficient (Wildman–Crippen LogP) is 4.48. The van der Waals surface area contributed by atoms with Gasteiger partial charge in [-0.1, -0.05) is 104 Å². The lowest BCUT2D eigenvalue weighted by atomic mass is 9.84. The predicted molar refractivity (Wildman–Crippen MR) is 450 cm³/mol. The van der Waals surface area contributed by atoms with Crippen LogP contribution in [-0.4, -0.2) is 215 Å². The molecule has 0 spiro atoms. The van der Waals surface area contributed by atoms with E-state index in [1.54, 1.807) is 13.8 Å². The Balaban J connectivity index is 0.977. The highest BCUT2D eigenvalue weighted by atomic mass is 35.5. The van der Waals surface area contributed by atoms with Crippen LogP contribution in [0.4, 0.5) is 0 Å². The third-order valence-electron chi connectivity index (χ3n) is 23.7. The summed E-state index contributed by atoms with van der Waals surface area (Å²) in [5.74, 6) is -16.1. The first-order valence-electron chi connectivity index (χ1n) is 40.7. The molecule has 3 saturated heterocycles. The van der Waals surface area contributed by atoms with Crippen molar-refractivity contribution >= 4 is 92.1 Å². The standard InChI is InChI=1S/C88H98Cl2N10O26/c1-36(2)22-53(93-7)79(111)99-69-71(106)42-17-20-57(51(89)25-42)121-59-27-44-28-60(75(59)126-86-76(73(108)72(107)61(35-101)123-86)125-64-33-88(6,78(110)38(4)120-64)94-34-50-46-14-10-8-12-39(46)23-40-13-9-11-15-47(40)50)122-58-21-18-43(26-52(58)90)74(124-63-32-87(5,92)77(109)37(3)119-63)70-84(116)98-68(85(117)118)49-29-45(102)30-56(104)65(49)48-24-41(16-19-55(48)103)66(81(113)100-70)97-82(114)67(44)96-80(112)54(31-62(91)105)95-83(69)115/h8-21,23-30,36-38,53-54,61,63-64,66-74,76-78,86,93-94,101-104,106-110H,22,31-35,92H2,1-7H3,(H2,91,105)(H,95,115)(H,96,112)(H,97,114)(H,98,116)(H,99,111)(H,100,113)(H,117,118)/t37-,38-,53+,54-,61+,63-,64-,66+,67+,68-,69+,70-,71+,72+,73-,74+,76+,77-,78-,86-,87-,88-/m0/s1. The molecule has 0 unspecified atom stereocenters. The molecule has 126 heavy (non-hydrogen) atoms. The lowest BCUT2D eigenvalue weighted by Crippen LogP contribution is -2.65. The van der Waals surface area contributed by atoms with Gasteiger partial charge in [0.15, 0.2) is 36.2 Å². The Hall–Kier alpha value is -11.1. The van der Waals surface area contributed by atoms with E-state index in [-0.39, 0.29) is 59.2 Å². The van der Waals surface area contributed by atoms with Crippen molar-refractivity contribution in [2.75, 3.05) is 13.7 Å². The topological polar surface area (TPSA) is 561 Å². The summed E-state index contributed by atoms with van der Waals surface area (Å²) in [6.45, 7) is 9.13. The molecular weight excluding hydrogens is 1680 g/mol. The number of carboxylic acids is 1. The second-order valence-electron chi connectivity index (χ2n) is 33.3. The molecule has 16 rings (SSSR count). The average molecular weight is 1780 g/mol. The van der Waals surface area contributed by atoms with Crippen LogP contribution in [0, 0.1) is 5.92 Å². The van der Waals surface area contributed by atoms with Gasteiger partial charge in [-0.3, -0.25) is 33.6 Å². The van der Waals surface area contributed by atoms with Crippen LogP contribution in [0.5, 0.6) is 46.0 Å². The van der Waals surface area contributed by atoms with Gasteiger partial charge in [0.05, 0.1) is 53.5 Å². The molecule has 7 amide bonds. The third-order valence-corrected chi connectivity index (χ3v) is 24.2. The molecule has 670 valence electrons. The Kier molecular flexibility index (Phi) is 26.8. The highest BCUT2D eigenvalue weighted by Gasteiger charge is 2.53. The summed E-state index contributed by atoms with van der Waals surface area (Å²) in [5.41, 5.74) is 7.90. The molecule has 8 aliphatic rings. The number of aliphatic hydroxyl groups is 6. The number of carboxylic acid groups (broad SMARTS) is 1. The zero-order valence-electron chi connectivity index (χ0n) is 69.0. The van der Waals surface area contributed by atoms with Crippen LogP contribution in [0.2, 0.25) is 10.0 Å². The first kappa shape index (κ1) is 91.1. The number of phenolic OH excluding ortho intramolecular Hbond substituents is 3. The summed E-state index contributed by atoms with van der Waals surface area (Å²) in [6, 6.07) is 17.4. The number of aliphatic carboxylic acids is 1. The SMILES string of the molecule is CN[C@H](CC(C)C)C(=O)N[C@H]1C(=O)N[C@@H](CC(N)=O)C(=O)N[C@H]2C(=O)N[C@H]3C(=O)N[C@H](C(=O)N[C@H](C(=O)O)c4cc(O)cc(O)c4-c4cc3ccc4O)[C@H](O[C@H]3C[C@](C)(N)[C@@H](O)[C@H](C)O3)c3ccc(c(Cl)c3)Oc3cc2cc(c3O[C@@H]2O[C@H](CO)[C@@H](O)[C@H](O)[C@H]2O[C@H]2C[C@](C)(NCc3c4ccccc4cc4ccccc34)[C@@H](O)[C@H](C)O2)Oc2ccc(cc2Cl)[C@H]1O. The fraction of sp³-hybridized carbons (Fsp3) is 0.409. The van der Waals surface area contributed by atoms with Crippen LogP contribution in [0.3, 0.4) is 0 Å². The maximum absolute atomic E-state index is 16.6. The van der Waals surface area contributed by atoms with E-state index in [1.807, 2.05) is 62.4 Å². The second kappa shape index (κ2) is 37.0. The van der Waals surface area contributed by atoms with Gasteiger partial charge in [0.25, 0.3) is 0 Å². The number of nitrogens with two attached hydrogens (primary N) is 2. The van der Waals surface area contributed by atoms with Crippen LogP contribution in [0.1, 0.15) is 131 Å². The number of primary amides is 1. The summed E-state index contributed by atoms with van der Waals surface area (Å²) >= 11 is 14.7. The smallest absolute Gasteiger partial charge is 0.330 e. The fourth-order valence-corrected chi connectivity index (χ4v) is 17.4. The van der Waals surface area contributed by atoms with Gasteiger partial charge in [-0.25, -0.2) is 4.79 Å². The molecule has 11 bridgehead atoms. The Morgan fingerprint density at radius 3 is 1.84 bits per heavy atom. The van der Waals surface area contributed by atoms with Crippen molar-refractivity contribution in [1.29, 1.82) is 0 Å². The molecule has 8 aliphatic heterocycles. The van der Waals surface area contributed by atoms with Gasteiger partial charge in [0.1, 0.15) is 89.5 Å². The Bertz CT molecular complexity index is 5500. The van der Waals surface area contributed by atoms with Gasteiger partial charge in [0, 0.05) is 53.2 Å². The minimum absolute atomic E-state index is 0.118. The van der Waals surface area contributed by atoms with E-state index in [1.165, 1.54) is 51.2 Å². The van der Waals surface area contributed by atoms with E-state index in [0.29, 0.717) is 0 Å².